The number of fused-ring (bicyclic) bond motifs is 1. The Labute approximate surface area is 230 Å². The number of carbonyl (C=O) groups excluding carboxylic acids is 3. The van der Waals surface area contributed by atoms with Gasteiger partial charge >= 0.3 is 17.9 Å². The average Bonchev–Trinajstić information content (AvgIpc) is 2.83. The lowest BCUT2D eigenvalue weighted by Gasteiger charge is -2.48. The summed E-state index contributed by atoms with van der Waals surface area (Å²) in [6, 6.07) is 7.15. The van der Waals surface area contributed by atoms with Crippen LogP contribution in [0, 0.1) is 16.2 Å². The van der Waals surface area contributed by atoms with Crippen molar-refractivity contribution in [2.75, 3.05) is 13.7 Å². The monoisotopic (exact) mass is 550 g/mol. The summed E-state index contributed by atoms with van der Waals surface area (Å²) in [7, 11) is 1.57. The average molecular weight is 551 g/mol. The highest BCUT2D eigenvalue weighted by atomic mass is 16.8. The minimum atomic E-state index is -1.35. The maximum Gasteiger partial charge on any atom is 0.313 e. The molecule has 0 radical (unpaired) electrons. The van der Waals surface area contributed by atoms with Crippen molar-refractivity contribution in [1.82, 2.24) is 0 Å². The maximum absolute atomic E-state index is 13.1. The molecular weight excluding hydrogens is 508 g/mol. The van der Waals surface area contributed by atoms with Crippen molar-refractivity contribution in [2.45, 2.75) is 99.3 Å². The number of methoxy groups -OCH3 is 1. The number of rotatable bonds is 5. The van der Waals surface area contributed by atoms with E-state index >= 15 is 0 Å². The zero-order chi connectivity index (χ0) is 29.3. The molecule has 10 nitrogen and oxygen atoms in total. The van der Waals surface area contributed by atoms with Crippen LogP contribution >= 0.6 is 0 Å². The van der Waals surface area contributed by atoms with Crippen LogP contribution in [0.4, 0.5) is 0 Å². The highest BCUT2D eigenvalue weighted by Crippen LogP contribution is 2.39. The number of esters is 3. The highest BCUT2D eigenvalue weighted by Gasteiger charge is 2.56. The topological polar surface area (TPSA) is 116 Å². The van der Waals surface area contributed by atoms with Crippen LogP contribution in [-0.4, -0.2) is 62.3 Å². The van der Waals surface area contributed by atoms with Crippen molar-refractivity contribution in [1.29, 1.82) is 0 Å². The number of ether oxygens (including phenoxy) is 7. The molecule has 0 aromatic heterocycles. The SMILES string of the molecule is COc1ccc(C2OCC3O[C@@H](OC(=O)C(C)(C)C)C(OC(=O)C(C)(C)C)[C@H](OC(=O)C(C)(C)C)[C@@H]3O2)cc1. The van der Waals surface area contributed by atoms with Gasteiger partial charge in [0, 0.05) is 5.56 Å². The zero-order valence-electron chi connectivity index (χ0n) is 24.6. The summed E-state index contributed by atoms with van der Waals surface area (Å²) in [5.74, 6) is -1.02. The lowest BCUT2D eigenvalue weighted by molar-refractivity contribution is -0.359. The predicted molar refractivity (Wildman–Crippen MR) is 139 cm³/mol. The third kappa shape index (κ3) is 7.49. The number of carbonyl (C=O) groups is 3. The first kappa shape index (κ1) is 30.8. The maximum atomic E-state index is 13.1. The summed E-state index contributed by atoms with van der Waals surface area (Å²) in [6.45, 7) is 15.4. The van der Waals surface area contributed by atoms with Crippen molar-refractivity contribution < 1.29 is 47.5 Å². The van der Waals surface area contributed by atoms with Crippen LogP contribution in [0.25, 0.3) is 0 Å². The first-order valence-electron chi connectivity index (χ1n) is 13.1. The largest absolute Gasteiger partial charge is 0.497 e. The van der Waals surface area contributed by atoms with Crippen LogP contribution in [0.5, 0.6) is 5.75 Å². The lowest BCUT2D eigenvalue weighted by Crippen LogP contribution is -2.65. The molecule has 3 unspecified atom stereocenters. The van der Waals surface area contributed by atoms with E-state index in [4.69, 9.17) is 33.2 Å². The van der Waals surface area contributed by atoms with Crippen LogP contribution in [0.2, 0.25) is 0 Å². The molecule has 2 saturated heterocycles. The minimum Gasteiger partial charge on any atom is -0.497 e. The van der Waals surface area contributed by atoms with Crippen LogP contribution in [0.15, 0.2) is 24.3 Å². The normalized spacial score (nSPS) is 27.6. The number of hydrogen-bond acceptors (Lipinski definition) is 10. The van der Waals surface area contributed by atoms with Crippen molar-refractivity contribution in [2.24, 2.45) is 16.2 Å². The van der Waals surface area contributed by atoms with Gasteiger partial charge in [0.2, 0.25) is 12.4 Å². The van der Waals surface area contributed by atoms with E-state index in [0.29, 0.717) is 11.3 Å². The van der Waals surface area contributed by atoms with Gasteiger partial charge in [-0.05, 0) is 74.4 Å². The zero-order valence-corrected chi connectivity index (χ0v) is 24.6. The Hall–Kier alpha value is -2.69. The second-order valence-corrected chi connectivity index (χ2v) is 13.0. The molecule has 0 saturated carbocycles. The molecule has 0 spiro atoms. The fourth-order valence-electron chi connectivity index (χ4n) is 3.71. The summed E-state index contributed by atoms with van der Waals surface area (Å²) < 4.78 is 41.2. The van der Waals surface area contributed by atoms with E-state index in [0.717, 1.165) is 0 Å². The molecular formula is C29H42O10. The van der Waals surface area contributed by atoms with E-state index in [1.165, 1.54) is 0 Å². The molecule has 2 aliphatic heterocycles. The first-order chi connectivity index (χ1) is 17.9. The third-order valence-corrected chi connectivity index (χ3v) is 6.22. The molecule has 0 N–H and O–H groups in total. The van der Waals surface area contributed by atoms with E-state index in [2.05, 4.69) is 0 Å². The second kappa shape index (κ2) is 11.4. The highest BCUT2D eigenvalue weighted by molar-refractivity contribution is 5.77. The van der Waals surface area contributed by atoms with E-state index in [9.17, 15) is 14.4 Å². The van der Waals surface area contributed by atoms with Gasteiger partial charge in [0.1, 0.15) is 18.0 Å². The van der Waals surface area contributed by atoms with Gasteiger partial charge in [-0.15, -0.1) is 0 Å². The quantitative estimate of drug-likeness (QED) is 0.387. The molecule has 1 aromatic rings. The molecule has 0 aliphatic carbocycles. The molecule has 0 bridgehead atoms. The molecule has 0 amide bonds. The summed E-state index contributed by atoms with van der Waals surface area (Å²) >= 11 is 0. The fraction of sp³-hybridized carbons (Fsp3) is 0.690. The first-order valence-corrected chi connectivity index (χ1v) is 13.1. The van der Waals surface area contributed by atoms with Crippen molar-refractivity contribution in [3.63, 3.8) is 0 Å². The molecule has 2 fully saturated rings. The van der Waals surface area contributed by atoms with Gasteiger partial charge in [-0.1, -0.05) is 12.1 Å². The summed E-state index contributed by atoms with van der Waals surface area (Å²) in [5, 5.41) is 0. The van der Waals surface area contributed by atoms with Gasteiger partial charge in [0.25, 0.3) is 0 Å². The Morgan fingerprint density at radius 1 is 0.718 bits per heavy atom. The van der Waals surface area contributed by atoms with Gasteiger partial charge in [0.15, 0.2) is 12.4 Å². The minimum absolute atomic E-state index is 0.0500. The molecule has 218 valence electrons. The number of benzene rings is 1. The van der Waals surface area contributed by atoms with Crippen LogP contribution in [0.1, 0.15) is 74.2 Å². The molecule has 10 heteroatoms. The molecule has 39 heavy (non-hydrogen) atoms. The predicted octanol–water partition coefficient (Wildman–Crippen LogP) is 4.34. The molecule has 1 aromatic carbocycles. The van der Waals surface area contributed by atoms with E-state index < -0.39 is 71.1 Å². The molecule has 2 aliphatic rings. The summed E-state index contributed by atoms with van der Waals surface area (Å²) in [5.41, 5.74) is -1.92. The Bertz CT molecular complexity index is 1030. The molecule has 2 heterocycles. The van der Waals surface area contributed by atoms with E-state index in [-0.39, 0.29) is 6.61 Å². The van der Waals surface area contributed by atoms with E-state index in [1.54, 1.807) is 93.7 Å². The Morgan fingerprint density at radius 3 is 1.69 bits per heavy atom. The molecule has 3 rings (SSSR count). The standard InChI is InChI=1S/C29H42O10/c1-27(2,3)24(30)37-20-19-18(15-34-22(36-19)16-11-13-17(33-10)14-12-16)35-23(39-26(32)29(7,8)9)21(20)38-25(31)28(4,5)6/h11-14,18-23H,15H2,1-10H3/t18?,19-,20-,21?,22?,23+/m1/s1. The van der Waals surface area contributed by atoms with Crippen LogP contribution < -0.4 is 4.74 Å². The van der Waals surface area contributed by atoms with E-state index in [1.807, 2.05) is 0 Å². The Balaban J connectivity index is 2.01. The van der Waals surface area contributed by atoms with Gasteiger partial charge in [-0.2, -0.15) is 0 Å². The van der Waals surface area contributed by atoms with Crippen LogP contribution in [0.3, 0.4) is 0 Å². The Morgan fingerprint density at radius 2 is 1.21 bits per heavy atom. The lowest BCUT2D eigenvalue weighted by atomic mass is 9.93. The summed E-state index contributed by atoms with van der Waals surface area (Å²) in [4.78, 5) is 39.1. The van der Waals surface area contributed by atoms with Crippen molar-refractivity contribution in [3.05, 3.63) is 29.8 Å². The Kier molecular flexibility index (Phi) is 9.04. The van der Waals surface area contributed by atoms with Crippen molar-refractivity contribution >= 4 is 17.9 Å². The van der Waals surface area contributed by atoms with Crippen molar-refractivity contribution in [3.8, 4) is 5.75 Å². The third-order valence-electron chi connectivity index (χ3n) is 6.22. The van der Waals surface area contributed by atoms with Crippen LogP contribution in [-0.2, 0) is 42.8 Å². The fourth-order valence-corrected chi connectivity index (χ4v) is 3.71. The second-order valence-electron chi connectivity index (χ2n) is 13.0. The number of hydrogen-bond donors (Lipinski definition) is 0. The van der Waals surface area contributed by atoms with Gasteiger partial charge in [-0.25, -0.2) is 0 Å². The van der Waals surface area contributed by atoms with Gasteiger partial charge in [-0.3, -0.25) is 14.4 Å². The van der Waals surface area contributed by atoms with Gasteiger partial charge in [0.05, 0.1) is 30.0 Å². The molecule has 6 atom stereocenters. The summed E-state index contributed by atoms with van der Waals surface area (Å²) in [6.07, 6.45) is -6.27. The smallest absolute Gasteiger partial charge is 0.313 e. The van der Waals surface area contributed by atoms with Gasteiger partial charge < -0.3 is 33.2 Å².